The Kier molecular flexibility index (Phi) is 4.23. The van der Waals surface area contributed by atoms with E-state index in [1.807, 2.05) is 0 Å². The molecule has 1 aromatic rings. The molecule has 2 amide bonds. The summed E-state index contributed by atoms with van der Waals surface area (Å²) in [5, 5.41) is 9.57. The number of esters is 1. The van der Waals surface area contributed by atoms with Gasteiger partial charge < -0.3 is 9.84 Å². The fourth-order valence-corrected chi connectivity index (χ4v) is 2.27. The lowest BCUT2D eigenvalue weighted by molar-refractivity contribution is -0.149. The normalized spacial score (nSPS) is 16.5. The van der Waals surface area contributed by atoms with Crippen molar-refractivity contribution in [2.24, 2.45) is 5.92 Å². The topological polar surface area (TPSA) is 83.9 Å². The van der Waals surface area contributed by atoms with Crippen LogP contribution in [0.1, 0.15) is 27.6 Å². The fourth-order valence-electron chi connectivity index (χ4n) is 2.27. The Balaban J connectivity index is 2.38. The zero-order valence-electron chi connectivity index (χ0n) is 11.8. The number of halogens is 2. The summed E-state index contributed by atoms with van der Waals surface area (Å²) in [6.07, 6.45) is -1.22. The van der Waals surface area contributed by atoms with E-state index in [1.165, 1.54) is 6.92 Å². The summed E-state index contributed by atoms with van der Waals surface area (Å²) >= 11 is 0. The van der Waals surface area contributed by atoms with Crippen LogP contribution >= 0.6 is 0 Å². The molecule has 1 aliphatic rings. The molecule has 1 heterocycles. The summed E-state index contributed by atoms with van der Waals surface area (Å²) in [6.45, 7) is 0.747. The quantitative estimate of drug-likeness (QED) is 0.654. The summed E-state index contributed by atoms with van der Waals surface area (Å²) in [5.41, 5.74) is -1.33. The van der Waals surface area contributed by atoms with Crippen molar-refractivity contribution in [2.45, 2.75) is 13.0 Å². The minimum atomic E-state index is -1.22. The van der Waals surface area contributed by atoms with E-state index >= 15 is 0 Å². The zero-order valence-corrected chi connectivity index (χ0v) is 11.8. The van der Waals surface area contributed by atoms with Crippen molar-refractivity contribution in [3.8, 4) is 0 Å². The largest absolute Gasteiger partial charge is 0.469 e. The Morgan fingerprint density at radius 3 is 2.05 bits per heavy atom. The van der Waals surface area contributed by atoms with E-state index in [1.54, 1.807) is 0 Å². The predicted molar refractivity (Wildman–Crippen MR) is 68.9 cm³/mol. The van der Waals surface area contributed by atoms with Crippen molar-refractivity contribution in [1.82, 2.24) is 4.90 Å². The van der Waals surface area contributed by atoms with Crippen molar-refractivity contribution in [3.05, 3.63) is 34.9 Å². The van der Waals surface area contributed by atoms with Crippen LogP contribution in [0.3, 0.4) is 0 Å². The highest BCUT2D eigenvalue weighted by Gasteiger charge is 2.43. The molecule has 8 heteroatoms. The van der Waals surface area contributed by atoms with E-state index in [2.05, 4.69) is 4.74 Å². The van der Waals surface area contributed by atoms with Crippen LogP contribution < -0.4 is 0 Å². The van der Waals surface area contributed by atoms with Crippen molar-refractivity contribution < 1.29 is 33.0 Å². The number of nitrogens with zero attached hydrogens (tertiary/aromatic N) is 1. The minimum Gasteiger partial charge on any atom is -0.469 e. The average molecular weight is 313 g/mol. The van der Waals surface area contributed by atoms with Gasteiger partial charge in [-0.1, -0.05) is 0 Å². The molecule has 22 heavy (non-hydrogen) atoms. The SMILES string of the molecule is COC(=O)C(CN1C(=O)c2c(F)ccc(F)c2C1=O)C(C)O. The summed E-state index contributed by atoms with van der Waals surface area (Å²) in [5.74, 6) is -6.20. The molecule has 1 aliphatic heterocycles. The number of aliphatic hydroxyl groups is 1. The van der Waals surface area contributed by atoms with Crippen molar-refractivity contribution >= 4 is 17.8 Å². The molecule has 0 bridgehead atoms. The van der Waals surface area contributed by atoms with E-state index in [0.29, 0.717) is 4.90 Å². The first kappa shape index (κ1) is 16.0. The lowest BCUT2D eigenvalue weighted by Crippen LogP contribution is -2.42. The highest BCUT2D eigenvalue weighted by atomic mass is 19.1. The molecule has 0 aliphatic carbocycles. The summed E-state index contributed by atoms with van der Waals surface area (Å²) in [6, 6.07) is 1.49. The van der Waals surface area contributed by atoms with Gasteiger partial charge in [0.05, 0.1) is 24.3 Å². The lowest BCUT2D eigenvalue weighted by atomic mass is 10.0. The van der Waals surface area contributed by atoms with E-state index in [9.17, 15) is 28.3 Å². The van der Waals surface area contributed by atoms with Crippen LogP contribution in [0, 0.1) is 17.6 Å². The van der Waals surface area contributed by atoms with Crippen LogP contribution in [0.25, 0.3) is 0 Å². The Morgan fingerprint density at radius 2 is 1.68 bits per heavy atom. The maximum absolute atomic E-state index is 13.7. The van der Waals surface area contributed by atoms with Gasteiger partial charge in [0.25, 0.3) is 11.8 Å². The van der Waals surface area contributed by atoms with E-state index < -0.39 is 59.1 Å². The average Bonchev–Trinajstić information content (AvgIpc) is 2.72. The third-order valence-corrected chi connectivity index (χ3v) is 3.49. The second kappa shape index (κ2) is 5.80. The Bertz CT molecular complexity index is 618. The van der Waals surface area contributed by atoms with Gasteiger partial charge in [-0.15, -0.1) is 0 Å². The molecule has 0 fully saturated rings. The van der Waals surface area contributed by atoms with Gasteiger partial charge in [0.2, 0.25) is 0 Å². The molecule has 1 N–H and O–H groups in total. The minimum absolute atomic E-state index is 0.532. The van der Waals surface area contributed by atoms with E-state index in [4.69, 9.17) is 0 Å². The highest BCUT2D eigenvalue weighted by Crippen LogP contribution is 2.28. The van der Waals surface area contributed by atoms with Gasteiger partial charge in [-0.3, -0.25) is 19.3 Å². The van der Waals surface area contributed by atoms with Crippen LogP contribution in [0.4, 0.5) is 8.78 Å². The number of benzene rings is 1. The Labute approximate surface area is 124 Å². The molecular formula is C14H13F2NO5. The first-order chi connectivity index (χ1) is 10.3. The smallest absolute Gasteiger partial charge is 0.313 e. The Hall–Kier alpha value is -2.35. The summed E-state index contributed by atoms with van der Waals surface area (Å²) in [7, 11) is 1.08. The number of amides is 2. The highest BCUT2D eigenvalue weighted by molar-refractivity contribution is 6.21. The third kappa shape index (κ3) is 2.45. The van der Waals surface area contributed by atoms with Crippen molar-refractivity contribution in [1.29, 1.82) is 0 Å². The fraction of sp³-hybridized carbons (Fsp3) is 0.357. The summed E-state index contributed by atoms with van der Waals surface area (Å²) in [4.78, 5) is 36.3. The zero-order chi connectivity index (χ0) is 16.6. The van der Waals surface area contributed by atoms with Gasteiger partial charge in [0.1, 0.15) is 17.6 Å². The molecule has 2 rings (SSSR count). The molecule has 0 spiro atoms. The van der Waals surface area contributed by atoms with Crippen molar-refractivity contribution in [2.75, 3.05) is 13.7 Å². The molecule has 0 saturated carbocycles. The first-order valence-electron chi connectivity index (χ1n) is 6.39. The maximum atomic E-state index is 13.7. The van der Waals surface area contributed by atoms with Gasteiger partial charge in [-0.05, 0) is 19.1 Å². The number of carbonyl (C=O) groups is 3. The van der Waals surface area contributed by atoms with Crippen molar-refractivity contribution in [3.63, 3.8) is 0 Å². The van der Waals surface area contributed by atoms with Gasteiger partial charge in [-0.2, -0.15) is 0 Å². The van der Waals surface area contributed by atoms with Gasteiger partial charge in [-0.25, -0.2) is 8.78 Å². The van der Waals surface area contributed by atoms with Crippen LogP contribution in [0.2, 0.25) is 0 Å². The standard InChI is InChI=1S/C14H13F2NO5/c1-6(18)7(14(21)22-2)5-17-12(19)10-8(15)3-4-9(16)11(10)13(17)20/h3-4,6-7,18H,5H2,1-2H3. The second-order valence-corrected chi connectivity index (χ2v) is 4.87. The van der Waals surface area contributed by atoms with E-state index in [-0.39, 0.29) is 0 Å². The number of aliphatic hydroxyl groups excluding tert-OH is 1. The van der Waals surface area contributed by atoms with Crippen LogP contribution in [-0.2, 0) is 9.53 Å². The molecule has 6 nitrogen and oxygen atoms in total. The number of ether oxygens (including phenoxy) is 1. The van der Waals surface area contributed by atoms with Gasteiger partial charge in [0, 0.05) is 6.54 Å². The second-order valence-electron chi connectivity index (χ2n) is 4.87. The Morgan fingerprint density at radius 1 is 1.23 bits per heavy atom. The maximum Gasteiger partial charge on any atom is 0.313 e. The first-order valence-corrected chi connectivity index (χ1v) is 6.39. The van der Waals surface area contributed by atoms with Gasteiger partial charge in [0.15, 0.2) is 0 Å². The lowest BCUT2D eigenvalue weighted by Gasteiger charge is -2.22. The number of imide groups is 1. The third-order valence-electron chi connectivity index (χ3n) is 3.49. The molecular weight excluding hydrogens is 300 g/mol. The number of rotatable bonds is 4. The number of fused-ring (bicyclic) bond motifs is 1. The number of methoxy groups -OCH3 is 1. The molecule has 118 valence electrons. The van der Waals surface area contributed by atoms with Crippen LogP contribution in [0.15, 0.2) is 12.1 Å². The molecule has 0 aromatic heterocycles. The van der Waals surface area contributed by atoms with E-state index in [0.717, 1.165) is 19.2 Å². The molecule has 1 aromatic carbocycles. The molecule has 0 radical (unpaired) electrons. The number of carbonyl (C=O) groups excluding carboxylic acids is 3. The van der Waals surface area contributed by atoms with Crippen LogP contribution in [0.5, 0.6) is 0 Å². The molecule has 0 saturated heterocycles. The predicted octanol–water partition coefficient (Wildman–Crippen LogP) is 0.731. The number of hydrogen-bond acceptors (Lipinski definition) is 5. The van der Waals surface area contributed by atoms with Crippen LogP contribution in [-0.4, -0.2) is 47.5 Å². The number of hydrogen-bond donors (Lipinski definition) is 1. The summed E-state index contributed by atoms with van der Waals surface area (Å²) < 4.78 is 31.8. The monoisotopic (exact) mass is 313 g/mol. The molecule has 2 atom stereocenters. The molecule has 2 unspecified atom stereocenters. The van der Waals surface area contributed by atoms with Gasteiger partial charge >= 0.3 is 5.97 Å².